The van der Waals surface area contributed by atoms with Crippen molar-refractivity contribution >= 4 is 46.4 Å². The fraction of sp³-hybridized carbons (Fsp3) is 0.190. The number of hydrogen-bond acceptors (Lipinski definition) is 6. The van der Waals surface area contributed by atoms with Gasteiger partial charge in [-0.3, -0.25) is 0 Å². The molecule has 18 heteroatoms. The van der Waals surface area contributed by atoms with Crippen molar-refractivity contribution in [2.24, 2.45) is 0 Å². The number of hydrogen-bond donors (Lipinski definition) is 2. The van der Waals surface area contributed by atoms with Gasteiger partial charge in [0.1, 0.15) is 47.4 Å². The lowest BCUT2D eigenvalue weighted by Gasteiger charge is -2.26. The summed E-state index contributed by atoms with van der Waals surface area (Å²) in [7, 11) is 0. The highest BCUT2D eigenvalue weighted by molar-refractivity contribution is 6.02. The zero-order valence-corrected chi connectivity index (χ0v) is 55.9. The van der Waals surface area contributed by atoms with E-state index in [0.717, 1.165) is 34.4 Å². The highest BCUT2D eigenvalue weighted by Crippen LogP contribution is 2.51. The van der Waals surface area contributed by atoms with Crippen LogP contribution in [-0.2, 0) is 0 Å². The van der Waals surface area contributed by atoms with Crippen LogP contribution in [0.4, 0.5) is 43.9 Å². The van der Waals surface area contributed by atoms with Crippen LogP contribution in [0.3, 0.4) is 0 Å². The number of ether oxygens (including phenoxy) is 4. The molecule has 0 aliphatic carbocycles. The predicted molar refractivity (Wildman–Crippen MR) is 379 cm³/mol. The largest absolute Gasteiger partial charge is 0.485 e. The summed E-state index contributed by atoms with van der Waals surface area (Å²) < 4.78 is 191. The van der Waals surface area contributed by atoms with Crippen LogP contribution in [0.15, 0.2) is 182 Å². The molecule has 2 N–H and O–H groups in total. The molecule has 8 nitrogen and oxygen atoms in total. The number of aromatic amines is 2. The zero-order valence-electron chi connectivity index (χ0n) is 55.9. The third-order valence-electron chi connectivity index (χ3n) is 18.1. The van der Waals surface area contributed by atoms with Crippen LogP contribution in [0.1, 0.15) is 149 Å². The third-order valence-corrected chi connectivity index (χ3v) is 18.1. The van der Waals surface area contributed by atoms with E-state index in [4.69, 9.17) is 28.9 Å². The van der Waals surface area contributed by atoms with Crippen LogP contribution in [-0.4, -0.2) is 19.9 Å². The third kappa shape index (κ3) is 13.6. The molecule has 0 radical (unpaired) electrons. The van der Waals surface area contributed by atoms with E-state index < -0.39 is 127 Å². The fourth-order valence-corrected chi connectivity index (χ4v) is 13.3. The number of aromatic nitrogens is 4. The molecule has 3 aromatic heterocycles. The summed E-state index contributed by atoms with van der Waals surface area (Å²) >= 11 is 0. The highest BCUT2D eigenvalue weighted by Gasteiger charge is 2.35. The average Bonchev–Trinajstić information content (AvgIpc) is 1.55. The number of fused-ring (bicyclic) bond motifs is 8. The van der Waals surface area contributed by atoms with Crippen molar-refractivity contribution in [3.63, 3.8) is 0 Å². The maximum atomic E-state index is 16.9. The Kier molecular flexibility index (Phi) is 20.6. The van der Waals surface area contributed by atoms with Crippen LogP contribution >= 0.6 is 0 Å². The van der Waals surface area contributed by atoms with Crippen molar-refractivity contribution in [3.8, 4) is 67.5 Å². The molecule has 518 valence electrons. The first-order chi connectivity index (χ1) is 49.6. The Hall–Kier alpha value is -11.1. The number of halogens is 10. The van der Waals surface area contributed by atoms with Gasteiger partial charge >= 0.3 is 0 Å². The smallest absolute Gasteiger partial charge is 0.200 e. The standard InChI is InChI=1S/C84H68F10N4O4/c1-5-23-59(47-27-13-9-14-28-47)99-63-35-21-36-64(100-60(24-6-2)48-29-15-10-16-30-48)71(63)67-51-39-40-52(95-51)68(72-65(101-61(25-7-3)49-31-17-11-18-32-49)37-22-38-66(72)102-62(26-8-4)50-33-19-12-20-34-50)54-42-44-56(97-54)70(74-77(87)81(91)84(94)82(92)78(74)88)58-46-45-57(98-58)69(55-43-41-53(67)96-55)73-75(85)79(89)83(93)80(90)76(73)86/h9-22,27-46,59-62,95,98H,5-8,23-26H2,1-4H3/t59-,60-,61-,62-/m1/s1. The van der Waals surface area contributed by atoms with Gasteiger partial charge in [-0.05, 0) is 121 Å². The van der Waals surface area contributed by atoms with Crippen molar-refractivity contribution < 1.29 is 62.9 Å². The zero-order chi connectivity index (χ0) is 71.3. The minimum atomic E-state index is -2.47. The molecule has 8 aromatic carbocycles. The van der Waals surface area contributed by atoms with Crippen molar-refractivity contribution in [2.45, 2.75) is 103 Å². The van der Waals surface area contributed by atoms with E-state index in [1.807, 2.05) is 149 Å². The molecule has 0 spiro atoms. The minimum absolute atomic E-state index is 0.0188. The molecule has 0 unspecified atom stereocenters. The SMILES string of the molecule is CCC[C@@H](Oc1cccc(O[C@H](CCC)c2ccccc2)c1-c1c2nc(c(-c3c(F)c(F)c(F)c(F)c3F)c3ccc([nH]3)c(-c3c(F)c(F)c(F)c(F)c3F)c3nc(c(-c4c(O[C@H](CCC)c5ccccc5)cccc4O[C@H](CCC)c4ccccc4)c4ccc1[nH]4)C=C3)C=C2)c1ccccc1. The van der Waals surface area contributed by atoms with Gasteiger partial charge in [-0.15, -0.1) is 0 Å². The van der Waals surface area contributed by atoms with Gasteiger partial charge < -0.3 is 28.9 Å². The van der Waals surface area contributed by atoms with E-state index in [0.29, 0.717) is 62.5 Å². The van der Waals surface area contributed by atoms with Gasteiger partial charge in [0.15, 0.2) is 46.5 Å². The first-order valence-electron chi connectivity index (χ1n) is 33.9. The Balaban J connectivity index is 1.23. The Bertz CT molecular complexity index is 4650. The van der Waals surface area contributed by atoms with Gasteiger partial charge in [-0.2, -0.15) is 0 Å². The second-order valence-corrected chi connectivity index (χ2v) is 24.9. The Morgan fingerprint density at radius 3 is 0.696 bits per heavy atom. The van der Waals surface area contributed by atoms with Crippen molar-refractivity contribution in [1.29, 1.82) is 0 Å². The lowest BCUT2D eigenvalue weighted by molar-refractivity contribution is 0.184. The second kappa shape index (κ2) is 30.4. The van der Waals surface area contributed by atoms with Crippen molar-refractivity contribution in [2.75, 3.05) is 0 Å². The first-order valence-corrected chi connectivity index (χ1v) is 33.9. The van der Waals surface area contributed by atoms with Gasteiger partial charge in [-0.1, -0.05) is 187 Å². The van der Waals surface area contributed by atoms with Gasteiger partial charge in [0, 0.05) is 44.3 Å². The molecule has 4 atom stereocenters. The summed E-state index contributed by atoms with van der Waals surface area (Å²) in [4.78, 5) is 16.7. The van der Waals surface area contributed by atoms with E-state index in [1.165, 1.54) is 24.3 Å². The number of nitrogens with zero attached hydrogens (tertiary/aromatic N) is 2. The second-order valence-electron chi connectivity index (χ2n) is 24.9. The van der Waals surface area contributed by atoms with E-state index in [9.17, 15) is 0 Å². The monoisotopic (exact) mass is 1390 g/mol. The maximum absolute atomic E-state index is 16.9. The van der Waals surface area contributed by atoms with Gasteiger partial charge in [0.05, 0.1) is 45.0 Å². The van der Waals surface area contributed by atoms with Crippen molar-refractivity contribution in [3.05, 3.63) is 285 Å². The predicted octanol–water partition coefficient (Wildman–Crippen LogP) is 24.4. The molecule has 0 fully saturated rings. The molecule has 11 aromatic rings. The van der Waals surface area contributed by atoms with Crippen LogP contribution in [0.2, 0.25) is 0 Å². The molecular formula is C84H68F10N4O4. The van der Waals surface area contributed by atoms with Crippen molar-refractivity contribution in [1.82, 2.24) is 19.9 Å². The van der Waals surface area contributed by atoms with Crippen LogP contribution in [0.5, 0.6) is 23.0 Å². The topological polar surface area (TPSA) is 94.3 Å². The molecule has 0 saturated carbocycles. The molecule has 2 aliphatic rings. The first kappa shape index (κ1) is 69.3. The van der Waals surface area contributed by atoms with Gasteiger partial charge in [-0.25, -0.2) is 53.9 Å². The maximum Gasteiger partial charge on any atom is 0.200 e. The fourth-order valence-electron chi connectivity index (χ4n) is 13.3. The number of benzene rings is 8. The lowest BCUT2D eigenvalue weighted by Crippen LogP contribution is -2.11. The van der Waals surface area contributed by atoms with Crippen LogP contribution < -0.4 is 18.9 Å². The molecule has 2 aliphatic heterocycles. The summed E-state index contributed by atoms with van der Waals surface area (Å²) in [6.45, 7) is 8.11. The number of H-pyrrole nitrogens is 2. The number of rotatable bonds is 24. The molecule has 102 heavy (non-hydrogen) atoms. The Morgan fingerprint density at radius 1 is 0.255 bits per heavy atom. The Labute approximate surface area is 582 Å². The molecule has 8 bridgehead atoms. The molecule has 13 rings (SSSR count). The van der Waals surface area contributed by atoms with E-state index in [-0.39, 0.29) is 56.5 Å². The summed E-state index contributed by atoms with van der Waals surface area (Å²) in [6.07, 6.45) is 8.10. The van der Waals surface area contributed by atoms with Gasteiger partial charge in [0.2, 0.25) is 11.6 Å². The van der Waals surface area contributed by atoms with E-state index >= 15 is 43.9 Å². The quantitative estimate of drug-likeness (QED) is 0.0356. The minimum Gasteiger partial charge on any atom is -0.485 e. The lowest BCUT2D eigenvalue weighted by atomic mass is 9.99. The van der Waals surface area contributed by atoms with Crippen LogP contribution in [0.25, 0.3) is 90.9 Å². The summed E-state index contributed by atoms with van der Waals surface area (Å²) in [5.41, 5.74) is -1.32. The number of nitrogens with one attached hydrogen (secondary N) is 2. The summed E-state index contributed by atoms with van der Waals surface area (Å²) in [5, 5.41) is 0. The average molecular weight is 1390 g/mol. The summed E-state index contributed by atoms with van der Waals surface area (Å²) in [5.74, 6) is -22.2. The van der Waals surface area contributed by atoms with Gasteiger partial charge in [0.25, 0.3) is 0 Å². The molecular weight excluding hydrogens is 1320 g/mol. The van der Waals surface area contributed by atoms with Crippen LogP contribution in [0, 0.1) is 58.2 Å². The van der Waals surface area contributed by atoms with E-state index in [1.54, 1.807) is 48.5 Å². The highest BCUT2D eigenvalue weighted by atomic mass is 19.2. The Morgan fingerprint density at radius 2 is 0.471 bits per heavy atom. The molecule has 5 heterocycles. The normalized spacial score (nSPS) is 13.1. The van der Waals surface area contributed by atoms with E-state index in [2.05, 4.69) is 9.97 Å². The molecule has 0 amide bonds. The molecule has 0 saturated heterocycles. The summed E-state index contributed by atoms with van der Waals surface area (Å²) in [6, 6.07) is 54.8.